The Hall–Kier alpha value is -3.37. The number of hydrogen-bond donors (Lipinski definition) is 6. The first-order chi connectivity index (χ1) is 14.5. The quantitative estimate of drug-likeness (QED) is 0.425. The van der Waals surface area contributed by atoms with Gasteiger partial charge < -0.3 is 27.5 Å². The average Bonchev–Trinajstić information content (AvgIpc) is 3.27. The Morgan fingerprint density at radius 1 is 1.23 bits per heavy atom. The van der Waals surface area contributed by atoms with Crippen LogP contribution in [0.2, 0.25) is 0 Å². The van der Waals surface area contributed by atoms with Crippen molar-refractivity contribution in [2.24, 2.45) is 11.5 Å². The van der Waals surface area contributed by atoms with E-state index < -0.39 is 11.7 Å². The number of anilines is 4. The highest BCUT2D eigenvalue weighted by Gasteiger charge is 2.24. The molecule has 2 unspecified atom stereocenters. The molecule has 1 aliphatic carbocycles. The number of hydrogen-bond acceptors (Lipinski definition) is 8. The summed E-state index contributed by atoms with van der Waals surface area (Å²) in [5.74, 6) is -1.18. The number of pyridine rings is 1. The van der Waals surface area contributed by atoms with E-state index in [4.69, 9.17) is 11.5 Å². The van der Waals surface area contributed by atoms with Crippen molar-refractivity contribution >= 4 is 28.9 Å². The van der Waals surface area contributed by atoms with Crippen LogP contribution in [0.5, 0.6) is 0 Å². The molecule has 2 atom stereocenters. The van der Waals surface area contributed by atoms with Gasteiger partial charge in [0.15, 0.2) is 11.6 Å². The molecule has 1 aromatic carbocycles. The Morgan fingerprint density at radius 2 is 2.07 bits per heavy atom. The number of primary amides is 1. The van der Waals surface area contributed by atoms with Crippen LogP contribution in [0.4, 0.5) is 27.4 Å². The molecule has 0 saturated heterocycles. The summed E-state index contributed by atoms with van der Waals surface area (Å²) in [4.78, 5) is 16.2. The number of nitrogens with one attached hydrogen (secondary N) is 4. The van der Waals surface area contributed by atoms with Gasteiger partial charge in [-0.25, -0.2) is 9.37 Å². The van der Waals surface area contributed by atoms with Crippen molar-refractivity contribution in [3.63, 3.8) is 0 Å². The zero-order valence-corrected chi connectivity index (χ0v) is 16.4. The number of halogens is 1. The molecule has 1 saturated carbocycles. The van der Waals surface area contributed by atoms with E-state index in [1.54, 1.807) is 11.2 Å². The molecule has 1 aliphatic heterocycles. The zero-order valence-electron chi connectivity index (χ0n) is 16.4. The molecule has 0 spiro atoms. The summed E-state index contributed by atoms with van der Waals surface area (Å²) in [6.45, 7) is 0. The van der Waals surface area contributed by atoms with E-state index in [2.05, 4.69) is 26.6 Å². The predicted octanol–water partition coefficient (Wildman–Crippen LogP) is 2.05. The van der Waals surface area contributed by atoms with Gasteiger partial charge in [0.25, 0.3) is 5.91 Å². The third kappa shape index (κ3) is 4.29. The van der Waals surface area contributed by atoms with Crippen LogP contribution in [0.1, 0.15) is 36.0 Å². The highest BCUT2D eigenvalue weighted by Crippen LogP contribution is 2.28. The monoisotopic (exact) mass is 412 g/mol. The van der Waals surface area contributed by atoms with E-state index in [-0.39, 0.29) is 29.3 Å². The SMILES string of the molecule is NC(=O)c1cc(F)c(NC2CCCCC2N)nc1Nc1cccc(N2C=CNN2)c1. The highest BCUT2D eigenvalue weighted by molar-refractivity contribution is 5.98. The summed E-state index contributed by atoms with van der Waals surface area (Å²) in [6, 6.07) is 8.38. The summed E-state index contributed by atoms with van der Waals surface area (Å²) in [6.07, 6.45) is 7.38. The summed E-state index contributed by atoms with van der Waals surface area (Å²) < 4.78 is 14.6. The van der Waals surface area contributed by atoms with Crippen LogP contribution in [0, 0.1) is 5.82 Å². The van der Waals surface area contributed by atoms with Gasteiger partial charge in [0.05, 0.1) is 11.3 Å². The molecule has 9 nitrogen and oxygen atoms in total. The summed E-state index contributed by atoms with van der Waals surface area (Å²) in [5.41, 5.74) is 18.9. The number of hydrazine groups is 2. The van der Waals surface area contributed by atoms with Crippen LogP contribution in [0.25, 0.3) is 0 Å². The lowest BCUT2D eigenvalue weighted by Crippen LogP contribution is -2.43. The fourth-order valence-corrected chi connectivity index (χ4v) is 3.66. The minimum Gasteiger partial charge on any atom is -0.365 e. The van der Waals surface area contributed by atoms with Gasteiger partial charge >= 0.3 is 0 Å². The first-order valence-electron chi connectivity index (χ1n) is 9.88. The van der Waals surface area contributed by atoms with Crippen molar-refractivity contribution in [3.8, 4) is 0 Å². The van der Waals surface area contributed by atoms with Crippen molar-refractivity contribution in [1.29, 1.82) is 0 Å². The summed E-state index contributed by atoms with van der Waals surface area (Å²) >= 11 is 0. The molecule has 2 aliphatic rings. The molecule has 30 heavy (non-hydrogen) atoms. The Labute approximate surface area is 173 Å². The van der Waals surface area contributed by atoms with E-state index in [0.717, 1.165) is 37.4 Å². The van der Waals surface area contributed by atoms with Gasteiger partial charge in [-0.1, -0.05) is 18.9 Å². The van der Waals surface area contributed by atoms with Crippen LogP contribution in [0.3, 0.4) is 0 Å². The largest absolute Gasteiger partial charge is 0.365 e. The predicted molar refractivity (Wildman–Crippen MR) is 114 cm³/mol. The molecule has 4 rings (SSSR count). The van der Waals surface area contributed by atoms with E-state index >= 15 is 0 Å². The normalized spacial score (nSPS) is 20.7. The van der Waals surface area contributed by atoms with Gasteiger partial charge in [-0.2, -0.15) is 0 Å². The molecule has 10 heteroatoms. The highest BCUT2D eigenvalue weighted by atomic mass is 19.1. The number of amides is 1. The number of rotatable bonds is 6. The Balaban J connectivity index is 1.62. The van der Waals surface area contributed by atoms with Gasteiger partial charge in [-0.15, -0.1) is 5.53 Å². The van der Waals surface area contributed by atoms with Crippen molar-refractivity contribution in [2.75, 3.05) is 15.6 Å². The molecule has 2 heterocycles. The molecular formula is C20H25FN8O. The van der Waals surface area contributed by atoms with Crippen LogP contribution in [0.15, 0.2) is 42.7 Å². The van der Waals surface area contributed by atoms with E-state index in [0.29, 0.717) is 5.69 Å². The van der Waals surface area contributed by atoms with Gasteiger partial charge in [-0.3, -0.25) is 9.80 Å². The number of carbonyl (C=O) groups excluding carboxylic acids is 1. The Morgan fingerprint density at radius 3 is 2.80 bits per heavy atom. The summed E-state index contributed by atoms with van der Waals surface area (Å²) in [5, 5.41) is 7.97. The molecule has 158 valence electrons. The number of nitrogens with zero attached hydrogens (tertiary/aromatic N) is 2. The number of aromatic nitrogens is 1. The van der Waals surface area contributed by atoms with E-state index in [1.165, 1.54) is 0 Å². The summed E-state index contributed by atoms with van der Waals surface area (Å²) in [7, 11) is 0. The van der Waals surface area contributed by atoms with Gasteiger partial charge in [-0.05, 0) is 37.1 Å². The molecular weight excluding hydrogens is 387 g/mol. The van der Waals surface area contributed by atoms with E-state index in [1.807, 2.05) is 30.5 Å². The van der Waals surface area contributed by atoms with E-state index in [9.17, 15) is 9.18 Å². The second-order valence-electron chi connectivity index (χ2n) is 7.40. The second-order valence-corrected chi connectivity index (χ2v) is 7.40. The number of carbonyl (C=O) groups is 1. The zero-order chi connectivity index (χ0) is 21.1. The molecule has 8 N–H and O–H groups in total. The maximum atomic E-state index is 14.6. The second kappa shape index (κ2) is 8.56. The lowest BCUT2D eigenvalue weighted by molar-refractivity contribution is 0.100. The van der Waals surface area contributed by atoms with Gasteiger partial charge in [0, 0.05) is 30.2 Å². The molecule has 1 amide bonds. The maximum absolute atomic E-state index is 14.6. The standard InChI is InChI=1S/C20H25FN8O/c21-15-11-14(18(23)30)19(27-20(15)26-17-7-2-1-6-16(17)22)25-12-4-3-5-13(10-12)29-9-8-24-28-29/h3-5,8-11,16-17,24,28H,1-2,6-7,22H2,(H2,23,30)(H2,25,26,27). The first-order valence-corrected chi connectivity index (χ1v) is 9.88. The van der Waals surface area contributed by atoms with Crippen LogP contribution < -0.4 is 38.1 Å². The molecule has 1 fully saturated rings. The molecule has 1 aromatic heterocycles. The maximum Gasteiger partial charge on any atom is 0.252 e. The number of nitrogens with two attached hydrogens (primary N) is 2. The molecule has 0 bridgehead atoms. The molecule has 0 radical (unpaired) electrons. The Kier molecular flexibility index (Phi) is 5.68. The lowest BCUT2D eigenvalue weighted by atomic mass is 9.91. The van der Waals surface area contributed by atoms with Gasteiger partial charge in [0.2, 0.25) is 0 Å². The molecule has 2 aromatic rings. The van der Waals surface area contributed by atoms with Crippen molar-refractivity contribution in [1.82, 2.24) is 15.9 Å². The number of benzene rings is 1. The van der Waals surface area contributed by atoms with Crippen LogP contribution >= 0.6 is 0 Å². The van der Waals surface area contributed by atoms with Gasteiger partial charge in [0.1, 0.15) is 5.82 Å². The third-order valence-corrected chi connectivity index (χ3v) is 5.26. The van der Waals surface area contributed by atoms with Crippen LogP contribution in [-0.4, -0.2) is 23.0 Å². The van der Waals surface area contributed by atoms with Crippen molar-refractivity contribution in [2.45, 2.75) is 37.8 Å². The minimum absolute atomic E-state index is 0.0303. The topological polar surface area (TPSA) is 133 Å². The fraction of sp³-hybridized carbons (Fsp3) is 0.300. The minimum atomic E-state index is -0.769. The third-order valence-electron chi connectivity index (χ3n) is 5.26. The van der Waals surface area contributed by atoms with Crippen LogP contribution in [-0.2, 0) is 0 Å². The smallest absolute Gasteiger partial charge is 0.252 e. The first kappa shape index (κ1) is 19.9. The lowest BCUT2D eigenvalue weighted by Gasteiger charge is -2.30. The van der Waals surface area contributed by atoms with Crippen molar-refractivity contribution < 1.29 is 9.18 Å². The van der Waals surface area contributed by atoms with Crippen molar-refractivity contribution in [3.05, 3.63) is 54.1 Å². The average molecular weight is 412 g/mol. The fourth-order valence-electron chi connectivity index (χ4n) is 3.66. The Bertz CT molecular complexity index is 966.